The zero-order valence-corrected chi connectivity index (χ0v) is 10.7. The van der Waals surface area contributed by atoms with Crippen LogP contribution >= 0.6 is 23.8 Å². The molecule has 0 saturated heterocycles. The number of benzene rings is 1. The number of nitrogens with two attached hydrogens (primary N) is 2. The monoisotopic (exact) mass is 280 g/mol. The minimum Gasteiger partial charge on any atom is -0.389 e. The normalized spacial score (nSPS) is 10.3. The number of aromatic nitrogens is 2. The van der Waals surface area contributed by atoms with Crippen molar-refractivity contribution in [2.75, 3.05) is 0 Å². The molecule has 2 aromatic rings. The third kappa shape index (κ3) is 2.34. The van der Waals surface area contributed by atoms with Gasteiger partial charge >= 0.3 is 0 Å². The van der Waals surface area contributed by atoms with E-state index in [0.717, 1.165) is 0 Å². The van der Waals surface area contributed by atoms with Gasteiger partial charge in [-0.3, -0.25) is 4.79 Å². The Hall–Kier alpha value is -1.92. The van der Waals surface area contributed by atoms with Crippen LogP contribution in [0.5, 0.6) is 0 Å². The maximum absolute atomic E-state index is 11.0. The van der Waals surface area contributed by atoms with Crippen molar-refractivity contribution >= 4 is 34.7 Å². The summed E-state index contributed by atoms with van der Waals surface area (Å²) in [5.41, 5.74) is 12.2. The molecule has 1 amide bonds. The fourth-order valence-electron chi connectivity index (χ4n) is 1.43. The van der Waals surface area contributed by atoms with Crippen LogP contribution < -0.4 is 11.5 Å². The van der Waals surface area contributed by atoms with Crippen LogP contribution in [0.2, 0.25) is 5.02 Å². The second-order valence-electron chi connectivity index (χ2n) is 3.57. The van der Waals surface area contributed by atoms with Gasteiger partial charge in [-0.05, 0) is 18.2 Å². The lowest BCUT2D eigenvalue weighted by atomic mass is 10.2. The summed E-state index contributed by atoms with van der Waals surface area (Å²) in [6.07, 6.45) is 2.88. The number of hydrogen-bond acceptors (Lipinski definition) is 3. The van der Waals surface area contributed by atoms with Crippen molar-refractivity contribution in [3.05, 3.63) is 46.7 Å². The molecule has 5 nitrogen and oxygen atoms in total. The van der Waals surface area contributed by atoms with Gasteiger partial charge in [0.05, 0.1) is 22.5 Å². The molecule has 0 spiro atoms. The molecule has 7 heteroatoms. The SMILES string of the molecule is NC(=O)c1cnn(-c2ccc(C(N)=S)cc2Cl)c1. The predicted octanol–water partition coefficient (Wildman–Crippen LogP) is 1.26. The Morgan fingerprint density at radius 1 is 1.33 bits per heavy atom. The fraction of sp³-hybridized carbons (Fsp3) is 0. The Bertz CT molecular complexity index is 638. The van der Waals surface area contributed by atoms with E-state index in [4.69, 9.17) is 35.3 Å². The molecule has 18 heavy (non-hydrogen) atoms. The van der Waals surface area contributed by atoms with Gasteiger partial charge in [0.2, 0.25) is 0 Å². The van der Waals surface area contributed by atoms with Crippen molar-refractivity contribution in [1.29, 1.82) is 0 Å². The predicted molar refractivity (Wildman–Crippen MR) is 73.0 cm³/mol. The minimum absolute atomic E-state index is 0.266. The van der Waals surface area contributed by atoms with E-state index in [1.807, 2.05) is 0 Å². The second kappa shape index (κ2) is 4.75. The molecule has 1 aromatic carbocycles. The molecule has 0 bridgehead atoms. The first-order valence-electron chi connectivity index (χ1n) is 4.93. The van der Waals surface area contributed by atoms with Crippen LogP contribution in [0.3, 0.4) is 0 Å². The minimum atomic E-state index is -0.544. The molecular weight excluding hydrogens is 272 g/mol. The van der Waals surface area contributed by atoms with Crippen molar-refractivity contribution in [3.63, 3.8) is 0 Å². The lowest BCUT2D eigenvalue weighted by Gasteiger charge is -2.06. The van der Waals surface area contributed by atoms with Crippen molar-refractivity contribution in [3.8, 4) is 5.69 Å². The standard InChI is InChI=1S/C11H9ClN4OS/c12-8-3-6(11(14)18)1-2-9(8)16-5-7(4-15-16)10(13)17/h1-5H,(H2,13,17)(H2,14,18). The number of rotatable bonds is 3. The van der Waals surface area contributed by atoms with Crippen LogP contribution in [0.4, 0.5) is 0 Å². The molecule has 0 fully saturated rings. The number of halogens is 1. The molecule has 1 heterocycles. The van der Waals surface area contributed by atoms with Gasteiger partial charge in [0.15, 0.2) is 0 Å². The van der Waals surface area contributed by atoms with E-state index in [1.165, 1.54) is 17.1 Å². The third-order valence-electron chi connectivity index (χ3n) is 2.35. The molecule has 0 aliphatic rings. The van der Waals surface area contributed by atoms with Gasteiger partial charge in [-0.15, -0.1) is 0 Å². The van der Waals surface area contributed by atoms with Crippen LogP contribution in [-0.2, 0) is 0 Å². The zero-order valence-electron chi connectivity index (χ0n) is 9.13. The summed E-state index contributed by atoms with van der Waals surface area (Å²) >= 11 is 11.0. The van der Waals surface area contributed by atoms with Gasteiger partial charge in [0, 0.05) is 11.8 Å². The average Bonchev–Trinajstić information content (AvgIpc) is 2.78. The molecule has 4 N–H and O–H groups in total. The van der Waals surface area contributed by atoms with Crippen molar-refractivity contribution in [2.24, 2.45) is 11.5 Å². The van der Waals surface area contributed by atoms with E-state index < -0.39 is 5.91 Å². The molecule has 0 atom stereocenters. The second-order valence-corrected chi connectivity index (χ2v) is 4.42. The van der Waals surface area contributed by atoms with E-state index in [1.54, 1.807) is 18.2 Å². The van der Waals surface area contributed by atoms with Gasteiger partial charge in [-0.25, -0.2) is 4.68 Å². The first-order valence-corrected chi connectivity index (χ1v) is 5.72. The van der Waals surface area contributed by atoms with Gasteiger partial charge in [0.1, 0.15) is 4.99 Å². The number of primary amides is 1. The molecule has 92 valence electrons. The Morgan fingerprint density at radius 2 is 2.06 bits per heavy atom. The molecule has 0 saturated carbocycles. The Kier molecular flexibility index (Phi) is 3.31. The zero-order chi connectivity index (χ0) is 13.3. The van der Waals surface area contributed by atoms with E-state index in [0.29, 0.717) is 21.8 Å². The largest absolute Gasteiger partial charge is 0.389 e. The lowest BCUT2D eigenvalue weighted by Crippen LogP contribution is -2.10. The maximum Gasteiger partial charge on any atom is 0.251 e. The summed E-state index contributed by atoms with van der Waals surface area (Å²) in [7, 11) is 0. The Labute approximate surface area is 113 Å². The molecule has 0 aliphatic carbocycles. The average molecular weight is 281 g/mol. The highest BCUT2D eigenvalue weighted by Crippen LogP contribution is 2.21. The number of carbonyl (C=O) groups is 1. The van der Waals surface area contributed by atoms with E-state index in [-0.39, 0.29) is 4.99 Å². The van der Waals surface area contributed by atoms with Gasteiger partial charge in [-0.1, -0.05) is 23.8 Å². The Balaban J connectivity index is 2.44. The smallest absolute Gasteiger partial charge is 0.251 e. The van der Waals surface area contributed by atoms with Crippen LogP contribution in [0.25, 0.3) is 5.69 Å². The molecular formula is C11H9ClN4OS. The number of carbonyl (C=O) groups excluding carboxylic acids is 1. The number of hydrogen-bond donors (Lipinski definition) is 2. The van der Waals surface area contributed by atoms with Crippen molar-refractivity contribution in [2.45, 2.75) is 0 Å². The molecule has 2 rings (SSSR count). The third-order valence-corrected chi connectivity index (χ3v) is 2.88. The molecule has 0 unspecified atom stereocenters. The van der Waals surface area contributed by atoms with E-state index in [9.17, 15) is 4.79 Å². The first-order chi connectivity index (χ1) is 8.49. The van der Waals surface area contributed by atoms with E-state index in [2.05, 4.69) is 5.10 Å². The first kappa shape index (κ1) is 12.5. The van der Waals surface area contributed by atoms with Crippen LogP contribution in [0, 0.1) is 0 Å². The highest BCUT2D eigenvalue weighted by molar-refractivity contribution is 7.80. The molecule has 0 radical (unpaired) electrons. The number of amides is 1. The fourth-order valence-corrected chi connectivity index (χ4v) is 1.82. The van der Waals surface area contributed by atoms with Gasteiger partial charge in [-0.2, -0.15) is 5.10 Å². The topological polar surface area (TPSA) is 86.9 Å². The summed E-state index contributed by atoms with van der Waals surface area (Å²) in [6.45, 7) is 0. The number of nitrogens with zero attached hydrogens (tertiary/aromatic N) is 2. The highest BCUT2D eigenvalue weighted by Gasteiger charge is 2.09. The van der Waals surface area contributed by atoms with Crippen molar-refractivity contribution in [1.82, 2.24) is 9.78 Å². The quantitative estimate of drug-likeness (QED) is 0.829. The Morgan fingerprint density at radius 3 is 2.56 bits per heavy atom. The van der Waals surface area contributed by atoms with Gasteiger partial charge < -0.3 is 11.5 Å². The summed E-state index contributed by atoms with van der Waals surface area (Å²) in [6, 6.07) is 5.09. The lowest BCUT2D eigenvalue weighted by molar-refractivity contribution is 0.100. The number of thiocarbonyl (C=S) groups is 1. The summed E-state index contributed by atoms with van der Waals surface area (Å²) < 4.78 is 1.46. The summed E-state index contributed by atoms with van der Waals surface area (Å²) in [5.74, 6) is -0.544. The summed E-state index contributed by atoms with van der Waals surface area (Å²) in [4.78, 5) is 11.2. The van der Waals surface area contributed by atoms with Gasteiger partial charge in [0.25, 0.3) is 5.91 Å². The van der Waals surface area contributed by atoms with Crippen molar-refractivity contribution < 1.29 is 4.79 Å². The maximum atomic E-state index is 11.0. The van der Waals surface area contributed by atoms with E-state index >= 15 is 0 Å². The molecule has 1 aromatic heterocycles. The molecule has 0 aliphatic heterocycles. The summed E-state index contributed by atoms with van der Waals surface area (Å²) in [5, 5.41) is 4.44. The van der Waals surface area contributed by atoms with Crippen LogP contribution in [0.1, 0.15) is 15.9 Å². The van der Waals surface area contributed by atoms with Crippen LogP contribution in [-0.4, -0.2) is 20.7 Å². The highest BCUT2D eigenvalue weighted by atomic mass is 35.5. The van der Waals surface area contributed by atoms with Crippen LogP contribution in [0.15, 0.2) is 30.6 Å².